The van der Waals surface area contributed by atoms with E-state index in [1.54, 1.807) is 24.5 Å². The summed E-state index contributed by atoms with van der Waals surface area (Å²) in [6.07, 6.45) is 3.16. The van der Waals surface area contributed by atoms with Gasteiger partial charge >= 0.3 is 5.97 Å². The predicted octanol–water partition coefficient (Wildman–Crippen LogP) is 2.33. The number of carboxylic acids is 1. The molecule has 7 nitrogen and oxygen atoms in total. The van der Waals surface area contributed by atoms with Gasteiger partial charge in [0.1, 0.15) is 5.02 Å². The zero-order chi connectivity index (χ0) is 15.7. The molecule has 0 aliphatic heterocycles. The zero-order valence-electron chi connectivity index (χ0n) is 11.0. The van der Waals surface area contributed by atoms with Crippen molar-refractivity contribution in [1.82, 2.24) is 14.6 Å². The Hall–Kier alpha value is -2.93. The Morgan fingerprint density at radius 1 is 1.27 bits per heavy atom. The summed E-state index contributed by atoms with van der Waals surface area (Å²) < 4.78 is 1.39. The number of carbonyl (C=O) groups is 2. The molecular weight excluding hydrogens is 308 g/mol. The number of halogens is 1. The molecule has 0 aliphatic rings. The van der Waals surface area contributed by atoms with Crippen LogP contribution in [0.4, 0.5) is 5.69 Å². The molecule has 0 spiro atoms. The molecule has 8 heteroatoms. The van der Waals surface area contributed by atoms with Crippen LogP contribution in [0.5, 0.6) is 0 Å². The lowest BCUT2D eigenvalue weighted by molar-refractivity contribution is 0.0696. The average molecular weight is 317 g/mol. The number of aromatic nitrogens is 3. The predicted molar refractivity (Wildman–Crippen MR) is 79.4 cm³/mol. The summed E-state index contributed by atoms with van der Waals surface area (Å²) in [6.45, 7) is 0. The molecule has 3 rings (SSSR count). The van der Waals surface area contributed by atoms with Crippen LogP contribution in [0.25, 0.3) is 5.65 Å². The number of anilines is 1. The van der Waals surface area contributed by atoms with Crippen molar-refractivity contribution in [1.29, 1.82) is 0 Å². The summed E-state index contributed by atoms with van der Waals surface area (Å²) in [5.74, 6) is -1.62. The summed E-state index contributed by atoms with van der Waals surface area (Å²) in [5.41, 5.74) is 0.793. The quantitative estimate of drug-likeness (QED) is 0.773. The van der Waals surface area contributed by atoms with Crippen molar-refractivity contribution in [2.24, 2.45) is 0 Å². The van der Waals surface area contributed by atoms with E-state index in [1.165, 1.54) is 22.7 Å². The number of nitrogens with zero attached hydrogens (tertiary/aromatic N) is 3. The number of carboxylic acid groups (broad SMARTS) is 1. The number of benzene rings is 1. The highest BCUT2D eigenvalue weighted by Gasteiger charge is 2.19. The molecule has 0 saturated carbocycles. The van der Waals surface area contributed by atoms with Gasteiger partial charge in [-0.15, -0.1) is 0 Å². The van der Waals surface area contributed by atoms with E-state index in [1.807, 2.05) is 0 Å². The Labute approximate surface area is 129 Å². The van der Waals surface area contributed by atoms with Crippen LogP contribution < -0.4 is 5.32 Å². The van der Waals surface area contributed by atoms with Gasteiger partial charge in [0.25, 0.3) is 5.91 Å². The van der Waals surface area contributed by atoms with Gasteiger partial charge in [-0.25, -0.2) is 14.3 Å². The van der Waals surface area contributed by atoms with Crippen LogP contribution in [0.15, 0.2) is 42.7 Å². The van der Waals surface area contributed by atoms with Crippen molar-refractivity contribution in [2.45, 2.75) is 0 Å². The first-order valence-electron chi connectivity index (χ1n) is 6.20. The van der Waals surface area contributed by atoms with E-state index in [0.29, 0.717) is 11.3 Å². The van der Waals surface area contributed by atoms with E-state index in [0.717, 1.165) is 0 Å². The molecule has 0 aliphatic carbocycles. The first-order valence-corrected chi connectivity index (χ1v) is 6.57. The average Bonchev–Trinajstić information content (AvgIpc) is 2.85. The van der Waals surface area contributed by atoms with Crippen LogP contribution in [-0.4, -0.2) is 31.6 Å². The lowest BCUT2D eigenvalue weighted by atomic mass is 10.2. The second-order valence-electron chi connectivity index (χ2n) is 4.39. The molecule has 0 saturated heterocycles. The highest BCUT2D eigenvalue weighted by Crippen LogP contribution is 2.21. The molecule has 2 heterocycles. The van der Waals surface area contributed by atoms with Gasteiger partial charge in [0.2, 0.25) is 0 Å². The second-order valence-corrected chi connectivity index (χ2v) is 4.77. The standard InChI is InChI=1S/C14H9ClN4O3/c15-10-11(18-19-6-2-5-16-12(10)19)13(20)17-9-4-1-3-8(7-9)14(21)22/h1-7H,(H,17,20)(H,21,22). The van der Waals surface area contributed by atoms with Crippen molar-refractivity contribution in [3.8, 4) is 0 Å². The molecule has 22 heavy (non-hydrogen) atoms. The van der Waals surface area contributed by atoms with E-state index < -0.39 is 11.9 Å². The highest BCUT2D eigenvalue weighted by atomic mass is 35.5. The number of amides is 1. The van der Waals surface area contributed by atoms with Gasteiger partial charge in [0.15, 0.2) is 11.3 Å². The number of carbonyl (C=O) groups excluding carboxylic acids is 1. The molecule has 1 amide bonds. The Morgan fingerprint density at radius 3 is 2.82 bits per heavy atom. The SMILES string of the molecule is O=C(O)c1cccc(NC(=O)c2nn3cccnc3c2Cl)c1. The fraction of sp³-hybridized carbons (Fsp3) is 0. The molecule has 0 unspecified atom stereocenters. The Kier molecular flexibility index (Phi) is 3.48. The zero-order valence-corrected chi connectivity index (χ0v) is 11.8. The van der Waals surface area contributed by atoms with Gasteiger partial charge in [-0.05, 0) is 24.3 Å². The van der Waals surface area contributed by atoms with Crippen LogP contribution in [0.3, 0.4) is 0 Å². The summed E-state index contributed by atoms with van der Waals surface area (Å²) in [7, 11) is 0. The molecule has 0 fully saturated rings. The van der Waals surface area contributed by atoms with E-state index in [9.17, 15) is 9.59 Å². The first kappa shape index (κ1) is 14.0. The van der Waals surface area contributed by atoms with E-state index in [4.69, 9.17) is 16.7 Å². The van der Waals surface area contributed by atoms with Crippen LogP contribution in [0.2, 0.25) is 5.02 Å². The summed E-state index contributed by atoms with van der Waals surface area (Å²) in [5, 5.41) is 15.7. The lowest BCUT2D eigenvalue weighted by Gasteiger charge is -2.04. The Morgan fingerprint density at radius 2 is 2.09 bits per heavy atom. The monoisotopic (exact) mass is 316 g/mol. The summed E-state index contributed by atoms with van der Waals surface area (Å²) in [6, 6.07) is 7.55. The molecule has 0 atom stereocenters. The largest absolute Gasteiger partial charge is 0.478 e. The minimum Gasteiger partial charge on any atom is -0.478 e. The number of hydrogen-bond acceptors (Lipinski definition) is 4. The van der Waals surface area contributed by atoms with Crippen LogP contribution in [0, 0.1) is 0 Å². The maximum atomic E-state index is 12.2. The third kappa shape index (κ3) is 2.49. The van der Waals surface area contributed by atoms with E-state index >= 15 is 0 Å². The number of nitrogens with one attached hydrogen (secondary N) is 1. The number of fused-ring (bicyclic) bond motifs is 1. The van der Waals surface area contributed by atoms with E-state index in [2.05, 4.69) is 15.4 Å². The van der Waals surface area contributed by atoms with Crippen LogP contribution in [-0.2, 0) is 0 Å². The maximum Gasteiger partial charge on any atom is 0.335 e. The van der Waals surface area contributed by atoms with Crippen molar-refractivity contribution in [3.63, 3.8) is 0 Å². The van der Waals surface area contributed by atoms with Crippen molar-refractivity contribution in [2.75, 3.05) is 5.32 Å². The Bertz CT molecular complexity index is 891. The minimum absolute atomic E-state index is 0.0149. The third-order valence-electron chi connectivity index (χ3n) is 2.92. The van der Waals surface area contributed by atoms with Gasteiger partial charge in [-0.2, -0.15) is 5.10 Å². The van der Waals surface area contributed by atoms with Gasteiger partial charge < -0.3 is 10.4 Å². The molecule has 2 aromatic heterocycles. The Balaban J connectivity index is 1.92. The lowest BCUT2D eigenvalue weighted by Crippen LogP contribution is -2.13. The number of aromatic carboxylic acids is 1. The second kappa shape index (κ2) is 5.45. The normalized spacial score (nSPS) is 10.6. The smallest absolute Gasteiger partial charge is 0.335 e. The third-order valence-corrected chi connectivity index (χ3v) is 3.27. The fourth-order valence-corrected chi connectivity index (χ4v) is 2.18. The molecule has 0 radical (unpaired) electrons. The summed E-state index contributed by atoms with van der Waals surface area (Å²) in [4.78, 5) is 27.2. The fourth-order valence-electron chi connectivity index (χ4n) is 1.92. The van der Waals surface area contributed by atoms with Crippen molar-refractivity contribution >= 4 is 34.8 Å². The maximum absolute atomic E-state index is 12.2. The number of rotatable bonds is 3. The first-order chi connectivity index (χ1) is 10.6. The summed E-state index contributed by atoms with van der Waals surface area (Å²) >= 11 is 6.10. The van der Waals surface area contributed by atoms with Crippen molar-refractivity contribution in [3.05, 3.63) is 59.0 Å². The van der Waals surface area contributed by atoms with Gasteiger partial charge in [0, 0.05) is 18.1 Å². The molecule has 110 valence electrons. The topological polar surface area (TPSA) is 96.6 Å². The molecule has 3 aromatic rings. The van der Waals surface area contributed by atoms with Gasteiger partial charge in [-0.3, -0.25) is 4.79 Å². The molecule has 2 N–H and O–H groups in total. The molecule has 0 bridgehead atoms. The van der Waals surface area contributed by atoms with E-state index in [-0.39, 0.29) is 16.3 Å². The van der Waals surface area contributed by atoms with Crippen LogP contribution >= 0.6 is 11.6 Å². The highest BCUT2D eigenvalue weighted by molar-refractivity contribution is 6.37. The minimum atomic E-state index is -1.08. The molecular formula is C14H9ClN4O3. The van der Waals surface area contributed by atoms with Gasteiger partial charge in [-0.1, -0.05) is 17.7 Å². The van der Waals surface area contributed by atoms with Crippen LogP contribution in [0.1, 0.15) is 20.8 Å². The van der Waals surface area contributed by atoms with Crippen molar-refractivity contribution < 1.29 is 14.7 Å². The number of hydrogen-bond donors (Lipinski definition) is 2. The molecule has 1 aromatic carbocycles. The van der Waals surface area contributed by atoms with Gasteiger partial charge in [0.05, 0.1) is 5.56 Å².